The number of rotatable bonds is 10. The van der Waals surface area contributed by atoms with E-state index < -0.39 is 0 Å². The Hall–Kier alpha value is -3.19. The van der Waals surface area contributed by atoms with E-state index in [0.717, 1.165) is 5.56 Å². The van der Waals surface area contributed by atoms with E-state index in [2.05, 4.69) is 22.1 Å². The summed E-state index contributed by atoms with van der Waals surface area (Å²) in [6.07, 6.45) is 1.76. The average Bonchev–Trinajstić information content (AvgIpc) is 3.19. The summed E-state index contributed by atoms with van der Waals surface area (Å²) >= 11 is 1.34. The number of benzene rings is 2. The number of carbonyl (C=O) groups excluding carboxylic acids is 2. The van der Waals surface area contributed by atoms with Crippen LogP contribution in [0.3, 0.4) is 0 Å². The van der Waals surface area contributed by atoms with Crippen molar-refractivity contribution in [1.29, 1.82) is 0 Å². The van der Waals surface area contributed by atoms with Crippen LogP contribution in [0.25, 0.3) is 0 Å². The second kappa shape index (κ2) is 10.9. The van der Waals surface area contributed by atoms with Gasteiger partial charge in [0.15, 0.2) is 16.8 Å². The molecule has 1 heterocycles. The van der Waals surface area contributed by atoms with Gasteiger partial charge in [0.2, 0.25) is 0 Å². The number of allylic oxidation sites excluding steroid dienone is 1. The maximum Gasteiger partial charge on any atom is 0.251 e. The van der Waals surface area contributed by atoms with Crippen LogP contribution in [0.1, 0.15) is 52.0 Å². The number of aryl methyl sites for hydroxylation is 1. The standard InChI is InChI=1S/C25H28N4O2S/c1-5-15-29-23(22(17(2)3)26-24(31)20-13-11-18(4)12-14-20)27-28-25(29)32-16-21(30)19-9-7-6-8-10-19/h5-14,17,22H,1,15-16H2,2-4H3,(H,26,31). The second-order valence-electron chi connectivity index (χ2n) is 7.88. The maximum atomic E-state index is 12.9. The first-order valence-corrected chi connectivity index (χ1v) is 11.5. The highest BCUT2D eigenvalue weighted by molar-refractivity contribution is 7.99. The fraction of sp³-hybridized carbons (Fsp3) is 0.280. The number of carbonyl (C=O) groups is 2. The Morgan fingerprint density at radius 1 is 1.06 bits per heavy atom. The van der Waals surface area contributed by atoms with Crippen LogP contribution in [0.2, 0.25) is 0 Å². The zero-order valence-corrected chi connectivity index (χ0v) is 19.4. The molecule has 0 aliphatic heterocycles. The van der Waals surface area contributed by atoms with Crippen molar-refractivity contribution in [1.82, 2.24) is 20.1 Å². The molecule has 1 N–H and O–H groups in total. The molecule has 0 saturated carbocycles. The van der Waals surface area contributed by atoms with Crippen LogP contribution in [-0.2, 0) is 6.54 Å². The van der Waals surface area contributed by atoms with Gasteiger partial charge in [-0.25, -0.2) is 0 Å². The predicted octanol–water partition coefficient (Wildman–Crippen LogP) is 4.87. The van der Waals surface area contributed by atoms with Crippen molar-refractivity contribution in [3.8, 4) is 0 Å². The summed E-state index contributed by atoms with van der Waals surface area (Å²) in [5.74, 6) is 0.848. The monoisotopic (exact) mass is 448 g/mol. The number of aromatic nitrogens is 3. The lowest BCUT2D eigenvalue weighted by Crippen LogP contribution is -2.33. The topological polar surface area (TPSA) is 76.9 Å². The van der Waals surface area contributed by atoms with E-state index in [1.54, 1.807) is 18.2 Å². The zero-order chi connectivity index (χ0) is 23.1. The van der Waals surface area contributed by atoms with E-state index in [9.17, 15) is 9.59 Å². The summed E-state index contributed by atoms with van der Waals surface area (Å²) in [5, 5.41) is 12.4. The highest BCUT2D eigenvalue weighted by atomic mass is 32.2. The van der Waals surface area contributed by atoms with Crippen molar-refractivity contribution in [3.63, 3.8) is 0 Å². The van der Waals surface area contributed by atoms with Crippen molar-refractivity contribution in [2.24, 2.45) is 5.92 Å². The molecule has 0 saturated heterocycles. The van der Waals surface area contributed by atoms with E-state index in [0.29, 0.717) is 28.7 Å². The first-order chi connectivity index (χ1) is 15.4. The van der Waals surface area contributed by atoms with E-state index >= 15 is 0 Å². The van der Waals surface area contributed by atoms with Gasteiger partial charge in [0.1, 0.15) is 0 Å². The molecule has 1 amide bonds. The lowest BCUT2D eigenvalue weighted by Gasteiger charge is -2.22. The van der Waals surface area contributed by atoms with Gasteiger partial charge in [0.05, 0.1) is 11.8 Å². The molecule has 1 atom stereocenters. The minimum atomic E-state index is -0.338. The minimum absolute atomic E-state index is 0.0263. The van der Waals surface area contributed by atoms with Gasteiger partial charge in [-0.05, 0) is 25.0 Å². The summed E-state index contributed by atoms with van der Waals surface area (Å²) < 4.78 is 1.91. The third-order valence-corrected chi connectivity index (χ3v) is 6.00. The molecule has 1 aromatic heterocycles. The van der Waals surface area contributed by atoms with E-state index in [-0.39, 0.29) is 29.4 Å². The van der Waals surface area contributed by atoms with Crippen LogP contribution in [0.5, 0.6) is 0 Å². The Morgan fingerprint density at radius 3 is 2.38 bits per heavy atom. The first-order valence-electron chi connectivity index (χ1n) is 10.5. The number of nitrogens with zero attached hydrogens (tertiary/aromatic N) is 3. The van der Waals surface area contributed by atoms with Gasteiger partial charge in [-0.2, -0.15) is 0 Å². The van der Waals surface area contributed by atoms with E-state index in [4.69, 9.17) is 0 Å². The molecule has 6 nitrogen and oxygen atoms in total. The van der Waals surface area contributed by atoms with Crippen LogP contribution in [0.15, 0.2) is 72.4 Å². The smallest absolute Gasteiger partial charge is 0.251 e. The molecule has 32 heavy (non-hydrogen) atoms. The Labute approximate surface area is 193 Å². The van der Waals surface area contributed by atoms with Crippen LogP contribution >= 0.6 is 11.8 Å². The van der Waals surface area contributed by atoms with Crippen molar-refractivity contribution < 1.29 is 9.59 Å². The molecule has 0 bridgehead atoms. The van der Waals surface area contributed by atoms with E-state index in [1.807, 2.05) is 67.8 Å². The number of hydrogen-bond donors (Lipinski definition) is 1. The zero-order valence-electron chi connectivity index (χ0n) is 18.6. The lowest BCUT2D eigenvalue weighted by atomic mass is 10.0. The molecule has 0 aliphatic carbocycles. The molecule has 0 spiro atoms. The van der Waals surface area contributed by atoms with E-state index in [1.165, 1.54) is 11.8 Å². The largest absolute Gasteiger partial charge is 0.342 e. The normalized spacial score (nSPS) is 11.9. The number of amides is 1. The molecule has 1 unspecified atom stereocenters. The van der Waals surface area contributed by atoms with Gasteiger partial charge >= 0.3 is 0 Å². The number of Topliss-reactive ketones (excluding diaryl/α,β-unsaturated/α-hetero) is 1. The van der Waals surface area contributed by atoms with Crippen LogP contribution in [0.4, 0.5) is 0 Å². The number of nitrogens with one attached hydrogen (secondary N) is 1. The third kappa shape index (κ3) is 5.73. The summed E-state index contributed by atoms with van der Waals surface area (Å²) in [7, 11) is 0. The molecule has 0 radical (unpaired) electrons. The minimum Gasteiger partial charge on any atom is -0.342 e. The lowest BCUT2D eigenvalue weighted by molar-refractivity contribution is 0.0921. The molecular weight excluding hydrogens is 420 g/mol. The number of hydrogen-bond acceptors (Lipinski definition) is 5. The average molecular weight is 449 g/mol. The van der Waals surface area contributed by atoms with Gasteiger partial charge in [-0.3, -0.25) is 9.59 Å². The third-order valence-electron chi connectivity index (χ3n) is 5.03. The quantitative estimate of drug-likeness (QED) is 0.272. The maximum absolute atomic E-state index is 12.9. The summed E-state index contributed by atoms with van der Waals surface area (Å²) in [5.41, 5.74) is 2.36. The Morgan fingerprint density at radius 2 is 1.75 bits per heavy atom. The highest BCUT2D eigenvalue weighted by Gasteiger charge is 2.26. The SMILES string of the molecule is C=CCn1c(SCC(=O)c2ccccc2)nnc1C(NC(=O)c1ccc(C)cc1)C(C)C. The van der Waals surface area contributed by atoms with Crippen molar-refractivity contribution in [2.75, 3.05) is 5.75 Å². The first kappa shape index (κ1) is 23.5. The molecule has 3 aromatic rings. The summed E-state index contributed by atoms with van der Waals surface area (Å²) in [6.45, 7) is 10.4. The number of thioether (sulfide) groups is 1. The summed E-state index contributed by atoms with van der Waals surface area (Å²) in [6, 6.07) is 16.3. The molecule has 3 rings (SSSR count). The molecule has 2 aromatic carbocycles. The second-order valence-corrected chi connectivity index (χ2v) is 8.82. The van der Waals surface area contributed by atoms with Crippen molar-refractivity contribution in [2.45, 2.75) is 38.5 Å². The molecule has 0 fully saturated rings. The predicted molar refractivity (Wildman–Crippen MR) is 128 cm³/mol. The van der Waals surface area contributed by atoms with Crippen molar-refractivity contribution >= 4 is 23.5 Å². The number of ketones is 1. The van der Waals surface area contributed by atoms with Gasteiger partial charge in [-0.15, -0.1) is 16.8 Å². The Bertz CT molecular complexity index is 1080. The molecule has 0 aliphatic rings. The van der Waals surface area contributed by atoms with Crippen LogP contribution < -0.4 is 5.32 Å². The highest BCUT2D eigenvalue weighted by Crippen LogP contribution is 2.26. The summed E-state index contributed by atoms with van der Waals surface area (Å²) in [4.78, 5) is 25.4. The van der Waals surface area contributed by atoms with Gasteiger partial charge in [0, 0.05) is 17.7 Å². The Balaban J connectivity index is 1.80. The molecule has 7 heteroatoms. The molecule has 166 valence electrons. The van der Waals surface area contributed by atoms with Crippen LogP contribution in [0, 0.1) is 12.8 Å². The van der Waals surface area contributed by atoms with Gasteiger partial charge < -0.3 is 9.88 Å². The van der Waals surface area contributed by atoms with Crippen LogP contribution in [-0.4, -0.2) is 32.2 Å². The fourth-order valence-corrected chi connectivity index (χ4v) is 4.08. The Kier molecular flexibility index (Phi) is 8.00. The molecular formula is C25H28N4O2S. The fourth-order valence-electron chi connectivity index (χ4n) is 3.23. The van der Waals surface area contributed by atoms with Crippen molar-refractivity contribution in [3.05, 3.63) is 89.8 Å². The van der Waals surface area contributed by atoms with Gasteiger partial charge in [0.25, 0.3) is 5.91 Å². The van der Waals surface area contributed by atoms with Gasteiger partial charge in [-0.1, -0.05) is 79.7 Å².